The van der Waals surface area contributed by atoms with E-state index in [1.807, 2.05) is 27.7 Å². The fraction of sp³-hybridized carbons (Fsp3) is 0.667. The van der Waals surface area contributed by atoms with Crippen LogP contribution in [-0.2, 0) is 0 Å². The Balaban J connectivity index is 0.000000561. The minimum Gasteiger partial charge on any atom is -0.374 e. The van der Waals surface area contributed by atoms with Crippen molar-refractivity contribution in [1.82, 2.24) is 9.55 Å². The molecule has 1 N–H and O–H groups in total. The molecule has 0 aliphatic heterocycles. The highest BCUT2D eigenvalue weighted by Crippen LogP contribution is 2.08. The van der Waals surface area contributed by atoms with Crippen LogP contribution in [0.3, 0.4) is 0 Å². The second-order valence-electron chi connectivity index (χ2n) is 2.45. The second kappa shape index (κ2) is 4.93. The lowest BCUT2D eigenvalue weighted by Gasteiger charge is -2.09. The van der Waals surface area contributed by atoms with E-state index in [1.165, 1.54) is 0 Å². The summed E-state index contributed by atoms with van der Waals surface area (Å²) in [6.07, 6.45) is 1.28. The van der Waals surface area contributed by atoms with Crippen molar-refractivity contribution >= 4 is 0 Å². The number of rotatable bonds is 1. The zero-order chi connectivity index (χ0) is 9.72. The molecule has 0 aliphatic rings. The smallest absolute Gasteiger partial charge is 0.129 e. The number of imidazole rings is 1. The first-order chi connectivity index (χ1) is 5.63. The number of hydrogen-bond donors (Lipinski definition) is 1. The van der Waals surface area contributed by atoms with E-state index in [0.717, 1.165) is 11.5 Å². The molecule has 3 nitrogen and oxygen atoms in total. The zero-order valence-electron chi connectivity index (χ0n) is 8.50. The van der Waals surface area contributed by atoms with Gasteiger partial charge in [-0.15, -0.1) is 0 Å². The third kappa shape index (κ3) is 2.34. The second-order valence-corrected chi connectivity index (χ2v) is 2.45. The van der Waals surface area contributed by atoms with E-state index in [-0.39, 0.29) is 0 Å². The molecule has 0 spiro atoms. The maximum Gasteiger partial charge on any atom is 0.129 e. The lowest BCUT2D eigenvalue weighted by molar-refractivity contribution is 0.120. The third-order valence-electron chi connectivity index (χ3n) is 1.54. The molecule has 0 radical (unpaired) electrons. The van der Waals surface area contributed by atoms with Crippen molar-refractivity contribution in [2.75, 3.05) is 0 Å². The molecule has 0 bridgehead atoms. The van der Waals surface area contributed by atoms with Gasteiger partial charge in [-0.3, -0.25) is 0 Å². The van der Waals surface area contributed by atoms with Crippen LogP contribution in [0.1, 0.15) is 38.5 Å². The summed E-state index contributed by atoms with van der Waals surface area (Å²) in [5, 5.41) is 9.20. The summed E-state index contributed by atoms with van der Waals surface area (Å²) in [5.41, 5.74) is 0.993. The van der Waals surface area contributed by atoms with Crippen molar-refractivity contribution in [3.8, 4) is 0 Å². The number of hydrogen-bond acceptors (Lipinski definition) is 2. The van der Waals surface area contributed by atoms with Crippen LogP contribution in [-0.4, -0.2) is 14.7 Å². The molecule has 1 aromatic rings. The van der Waals surface area contributed by atoms with Crippen LogP contribution < -0.4 is 0 Å². The number of aromatic nitrogens is 2. The molecule has 1 aromatic heterocycles. The predicted molar refractivity (Wildman–Crippen MR) is 50.0 cm³/mol. The maximum absolute atomic E-state index is 9.20. The lowest BCUT2D eigenvalue weighted by Crippen LogP contribution is -2.07. The summed E-state index contributed by atoms with van der Waals surface area (Å²) >= 11 is 0. The molecule has 70 valence electrons. The standard InChI is InChI=1S/C7H12N2O.C2H6/c1-5-4-8-6(2)9(5)7(3)10;1-2/h4,7,10H,1-3H3;1-2H3. The number of aliphatic hydroxyl groups is 1. The van der Waals surface area contributed by atoms with Crippen LogP contribution in [0.2, 0.25) is 0 Å². The molecule has 0 aliphatic carbocycles. The van der Waals surface area contributed by atoms with Crippen molar-refractivity contribution in [2.45, 2.75) is 40.8 Å². The van der Waals surface area contributed by atoms with Gasteiger partial charge in [0, 0.05) is 11.9 Å². The minimum atomic E-state index is -0.470. The molecule has 0 amide bonds. The SMILES string of the molecule is CC.Cc1cnc(C)n1C(C)O. The summed E-state index contributed by atoms with van der Waals surface area (Å²) in [5.74, 6) is 0.854. The van der Waals surface area contributed by atoms with Crippen molar-refractivity contribution in [1.29, 1.82) is 0 Å². The van der Waals surface area contributed by atoms with Crippen LogP contribution in [0, 0.1) is 13.8 Å². The molecule has 3 heteroatoms. The van der Waals surface area contributed by atoms with Gasteiger partial charge in [0.25, 0.3) is 0 Å². The Morgan fingerprint density at radius 1 is 1.42 bits per heavy atom. The molecular formula is C9H18N2O. The summed E-state index contributed by atoms with van der Waals surface area (Å²) < 4.78 is 1.78. The van der Waals surface area contributed by atoms with Crippen LogP contribution in [0.4, 0.5) is 0 Å². The Bertz CT molecular complexity index is 209. The van der Waals surface area contributed by atoms with Gasteiger partial charge in [-0.1, -0.05) is 13.8 Å². The van der Waals surface area contributed by atoms with Gasteiger partial charge in [-0.25, -0.2) is 4.98 Å². The molecule has 1 heterocycles. The van der Waals surface area contributed by atoms with Gasteiger partial charge >= 0.3 is 0 Å². The summed E-state index contributed by atoms with van der Waals surface area (Å²) in [6.45, 7) is 9.52. The predicted octanol–water partition coefficient (Wildman–Crippen LogP) is 2.04. The molecule has 0 aromatic carbocycles. The van der Waals surface area contributed by atoms with E-state index in [0.29, 0.717) is 0 Å². The maximum atomic E-state index is 9.20. The molecule has 1 atom stereocenters. The summed E-state index contributed by atoms with van der Waals surface area (Å²) in [7, 11) is 0. The third-order valence-corrected chi connectivity index (χ3v) is 1.54. The van der Waals surface area contributed by atoms with Crippen LogP contribution in [0.25, 0.3) is 0 Å². The first-order valence-electron chi connectivity index (χ1n) is 4.31. The molecule has 0 saturated heterocycles. The molecule has 0 saturated carbocycles. The van der Waals surface area contributed by atoms with Gasteiger partial charge in [0.2, 0.25) is 0 Å². The van der Waals surface area contributed by atoms with Gasteiger partial charge in [0.1, 0.15) is 12.1 Å². The molecule has 0 fully saturated rings. The van der Waals surface area contributed by atoms with Crippen LogP contribution >= 0.6 is 0 Å². The van der Waals surface area contributed by atoms with Crippen LogP contribution in [0.5, 0.6) is 0 Å². The van der Waals surface area contributed by atoms with Gasteiger partial charge < -0.3 is 9.67 Å². The topological polar surface area (TPSA) is 38.0 Å². The van der Waals surface area contributed by atoms with Crippen molar-refractivity contribution < 1.29 is 5.11 Å². The Hall–Kier alpha value is -0.830. The highest BCUT2D eigenvalue weighted by atomic mass is 16.3. The van der Waals surface area contributed by atoms with Gasteiger partial charge in [-0.05, 0) is 20.8 Å². The normalized spacial score (nSPS) is 11.8. The number of aryl methyl sites for hydroxylation is 2. The first-order valence-corrected chi connectivity index (χ1v) is 4.31. The Labute approximate surface area is 74.1 Å². The van der Waals surface area contributed by atoms with E-state index < -0.39 is 6.23 Å². The highest BCUT2D eigenvalue weighted by molar-refractivity contribution is 5.02. The average molecular weight is 170 g/mol. The summed E-state index contributed by atoms with van der Waals surface area (Å²) in [6, 6.07) is 0. The Morgan fingerprint density at radius 2 is 1.92 bits per heavy atom. The number of aliphatic hydroxyl groups excluding tert-OH is 1. The highest BCUT2D eigenvalue weighted by Gasteiger charge is 2.05. The minimum absolute atomic E-state index is 0.470. The molecule has 1 rings (SSSR count). The Morgan fingerprint density at radius 3 is 2.08 bits per heavy atom. The Kier molecular flexibility index (Phi) is 4.59. The molecular weight excluding hydrogens is 152 g/mol. The molecule has 1 unspecified atom stereocenters. The van der Waals surface area contributed by atoms with Crippen molar-refractivity contribution in [3.63, 3.8) is 0 Å². The van der Waals surface area contributed by atoms with Gasteiger partial charge in [0.15, 0.2) is 0 Å². The van der Waals surface area contributed by atoms with E-state index >= 15 is 0 Å². The van der Waals surface area contributed by atoms with E-state index in [1.54, 1.807) is 17.7 Å². The van der Waals surface area contributed by atoms with Crippen molar-refractivity contribution in [2.24, 2.45) is 0 Å². The van der Waals surface area contributed by atoms with Gasteiger partial charge in [-0.2, -0.15) is 0 Å². The van der Waals surface area contributed by atoms with E-state index in [4.69, 9.17) is 0 Å². The summed E-state index contributed by atoms with van der Waals surface area (Å²) in [4.78, 5) is 4.04. The monoisotopic (exact) mass is 170 g/mol. The zero-order valence-corrected chi connectivity index (χ0v) is 8.50. The van der Waals surface area contributed by atoms with E-state index in [9.17, 15) is 5.11 Å². The van der Waals surface area contributed by atoms with Crippen molar-refractivity contribution in [3.05, 3.63) is 17.7 Å². The van der Waals surface area contributed by atoms with E-state index in [2.05, 4.69) is 4.98 Å². The van der Waals surface area contributed by atoms with Gasteiger partial charge in [0.05, 0.1) is 0 Å². The lowest BCUT2D eigenvalue weighted by atomic mass is 10.5. The van der Waals surface area contributed by atoms with Crippen LogP contribution in [0.15, 0.2) is 6.20 Å². The quantitative estimate of drug-likeness (QED) is 0.700. The number of nitrogens with zero attached hydrogens (tertiary/aromatic N) is 2. The molecule has 12 heavy (non-hydrogen) atoms. The average Bonchev–Trinajstić information content (AvgIpc) is 2.35. The fourth-order valence-corrected chi connectivity index (χ4v) is 1.13. The first kappa shape index (κ1) is 11.2. The largest absolute Gasteiger partial charge is 0.374 e. The fourth-order valence-electron chi connectivity index (χ4n) is 1.13.